The van der Waals surface area contributed by atoms with Crippen LogP contribution < -0.4 is 20.7 Å². The van der Waals surface area contributed by atoms with E-state index < -0.39 is 0 Å². The molecule has 3 N–H and O–H groups in total. The summed E-state index contributed by atoms with van der Waals surface area (Å²) in [5.74, 6) is -0.0442. The van der Waals surface area contributed by atoms with Crippen molar-refractivity contribution in [3.8, 4) is 5.75 Å². The number of hydrogen-bond acceptors (Lipinski definition) is 4. The molecule has 6 nitrogen and oxygen atoms in total. The number of nitrogens with one attached hydrogen (secondary N) is 3. The Kier molecular flexibility index (Phi) is 9.81. The lowest BCUT2D eigenvalue weighted by Gasteiger charge is -2.15. The Morgan fingerprint density at radius 2 is 1.71 bits per heavy atom. The normalized spacial score (nSPS) is 11.3. The van der Waals surface area contributed by atoms with Crippen LogP contribution in [-0.2, 0) is 0 Å². The highest BCUT2D eigenvalue weighted by Crippen LogP contribution is 2.24. The lowest BCUT2D eigenvalue weighted by molar-refractivity contribution is 0.0938. The summed E-state index contributed by atoms with van der Waals surface area (Å²) in [5.41, 5.74) is 2.59. The van der Waals surface area contributed by atoms with Gasteiger partial charge in [0.25, 0.3) is 11.8 Å². The van der Waals surface area contributed by atoms with Crippen molar-refractivity contribution < 1.29 is 14.3 Å². The minimum absolute atomic E-state index is 0.113. The summed E-state index contributed by atoms with van der Waals surface area (Å²) in [4.78, 5) is 25.4. The molecule has 0 saturated carbocycles. The van der Waals surface area contributed by atoms with Gasteiger partial charge >= 0.3 is 0 Å². The average Bonchev–Trinajstić information content (AvgIpc) is 2.85. The minimum Gasteiger partial charge on any atom is -0.493 e. The third kappa shape index (κ3) is 7.90. The Balaban J connectivity index is 1.57. The van der Waals surface area contributed by atoms with E-state index in [2.05, 4.69) is 38.8 Å². The van der Waals surface area contributed by atoms with Crippen LogP contribution in [0.15, 0.2) is 77.3 Å². The highest BCUT2D eigenvalue weighted by Gasteiger charge is 2.16. The fourth-order valence-electron chi connectivity index (χ4n) is 3.27. The van der Waals surface area contributed by atoms with Crippen LogP contribution in [0.2, 0.25) is 0 Å². The zero-order chi connectivity index (χ0) is 25.2. The second-order valence-electron chi connectivity index (χ2n) is 7.93. The quantitative estimate of drug-likeness (QED) is 0.215. The Hall–Kier alpha value is -3.23. The highest BCUT2D eigenvalue weighted by atomic mass is 79.9. The van der Waals surface area contributed by atoms with E-state index in [1.54, 1.807) is 36.4 Å². The highest BCUT2D eigenvalue weighted by molar-refractivity contribution is 9.10. The van der Waals surface area contributed by atoms with Crippen molar-refractivity contribution in [2.75, 3.05) is 11.9 Å². The molecule has 0 aliphatic carbocycles. The number of carbonyl (C=O) groups is 2. The van der Waals surface area contributed by atoms with Crippen LogP contribution in [0.5, 0.6) is 5.75 Å². The first-order chi connectivity index (χ1) is 16.9. The summed E-state index contributed by atoms with van der Waals surface area (Å²) < 4.78 is 6.53. The predicted molar refractivity (Wildman–Crippen MR) is 147 cm³/mol. The molecule has 0 aromatic heterocycles. The molecule has 1 atom stereocenters. The lowest BCUT2D eigenvalue weighted by atomic mass is 10.1. The van der Waals surface area contributed by atoms with Gasteiger partial charge in [0, 0.05) is 15.7 Å². The molecule has 0 radical (unpaired) electrons. The molecule has 0 heterocycles. The van der Waals surface area contributed by atoms with E-state index >= 15 is 0 Å². The van der Waals surface area contributed by atoms with Crippen LogP contribution >= 0.6 is 28.1 Å². The molecule has 182 valence electrons. The number of rotatable bonds is 9. The molecule has 2 amide bonds. The Morgan fingerprint density at radius 1 is 1.00 bits per heavy atom. The van der Waals surface area contributed by atoms with E-state index in [4.69, 9.17) is 17.0 Å². The van der Waals surface area contributed by atoms with Gasteiger partial charge in [0.1, 0.15) is 5.75 Å². The van der Waals surface area contributed by atoms with Crippen LogP contribution in [0.3, 0.4) is 0 Å². The molecule has 3 aromatic rings. The molecular weight excluding hydrogens is 526 g/mol. The fraction of sp³-hybridized carbons (Fsp3) is 0.222. The lowest BCUT2D eigenvalue weighted by Crippen LogP contribution is -2.34. The van der Waals surface area contributed by atoms with Crippen molar-refractivity contribution in [1.82, 2.24) is 10.6 Å². The van der Waals surface area contributed by atoms with Gasteiger partial charge < -0.3 is 15.4 Å². The molecule has 1 unspecified atom stereocenters. The van der Waals surface area contributed by atoms with E-state index in [0.29, 0.717) is 29.2 Å². The van der Waals surface area contributed by atoms with E-state index in [1.807, 2.05) is 43.3 Å². The van der Waals surface area contributed by atoms with Gasteiger partial charge in [-0.3, -0.25) is 14.9 Å². The van der Waals surface area contributed by atoms with Gasteiger partial charge in [0.2, 0.25) is 0 Å². The number of amides is 2. The molecule has 3 aromatic carbocycles. The molecule has 0 saturated heterocycles. The van der Waals surface area contributed by atoms with E-state index in [0.717, 1.165) is 22.9 Å². The van der Waals surface area contributed by atoms with Gasteiger partial charge in [-0.05, 0) is 73.6 Å². The topological polar surface area (TPSA) is 79.5 Å². The van der Waals surface area contributed by atoms with Crippen LogP contribution in [0.1, 0.15) is 59.0 Å². The standard InChI is InChI=1S/C27H28BrN3O3S/c1-3-4-16-34-24-15-12-21(28)17-23(24)26(33)31-27(35)30-22-13-10-20(11-14-22)25(32)29-18(2)19-8-6-5-7-9-19/h5-15,17-18H,3-4,16H2,1-2H3,(H,29,32)(H2,30,31,33,35). The maximum atomic E-state index is 12.8. The predicted octanol–water partition coefficient (Wildman–Crippen LogP) is 6.25. The fourth-order valence-corrected chi connectivity index (χ4v) is 3.85. The molecule has 8 heteroatoms. The van der Waals surface area contributed by atoms with Gasteiger partial charge in [-0.15, -0.1) is 0 Å². The number of ether oxygens (including phenoxy) is 1. The smallest absolute Gasteiger partial charge is 0.261 e. The summed E-state index contributed by atoms with van der Waals surface area (Å²) in [7, 11) is 0. The second kappa shape index (κ2) is 13.0. The van der Waals surface area contributed by atoms with Crippen molar-refractivity contribution >= 4 is 50.8 Å². The Labute approximate surface area is 219 Å². The van der Waals surface area contributed by atoms with Gasteiger partial charge in [0.05, 0.1) is 18.2 Å². The van der Waals surface area contributed by atoms with Gasteiger partial charge in [0.15, 0.2) is 5.11 Å². The number of unbranched alkanes of at least 4 members (excludes halogenated alkanes) is 1. The van der Waals surface area contributed by atoms with Crippen molar-refractivity contribution in [1.29, 1.82) is 0 Å². The third-order valence-corrected chi connectivity index (χ3v) is 5.92. The molecular formula is C27H28BrN3O3S. The second-order valence-corrected chi connectivity index (χ2v) is 9.26. The van der Waals surface area contributed by atoms with Crippen molar-refractivity contribution in [3.63, 3.8) is 0 Å². The monoisotopic (exact) mass is 553 g/mol. The van der Waals surface area contributed by atoms with Gasteiger partial charge in [-0.25, -0.2) is 0 Å². The Bertz CT molecular complexity index is 1170. The first kappa shape index (κ1) is 26.4. The minimum atomic E-state index is -0.374. The van der Waals surface area contributed by atoms with E-state index in [1.165, 1.54) is 0 Å². The van der Waals surface area contributed by atoms with Crippen LogP contribution in [0, 0.1) is 0 Å². The average molecular weight is 555 g/mol. The van der Waals surface area contributed by atoms with Crippen molar-refractivity contribution in [2.45, 2.75) is 32.7 Å². The molecule has 3 rings (SSSR count). The zero-order valence-corrected chi connectivity index (χ0v) is 22.0. The maximum Gasteiger partial charge on any atom is 0.261 e. The molecule has 0 bridgehead atoms. The zero-order valence-electron chi connectivity index (χ0n) is 19.6. The Morgan fingerprint density at radius 3 is 2.40 bits per heavy atom. The van der Waals surface area contributed by atoms with Crippen molar-refractivity contribution in [3.05, 3.63) is 94.0 Å². The number of carbonyl (C=O) groups excluding carboxylic acids is 2. The number of hydrogen-bond donors (Lipinski definition) is 3. The van der Waals surface area contributed by atoms with E-state index in [9.17, 15) is 9.59 Å². The maximum absolute atomic E-state index is 12.8. The SMILES string of the molecule is CCCCOc1ccc(Br)cc1C(=O)NC(=S)Nc1ccc(C(=O)NC(C)c2ccccc2)cc1. The summed E-state index contributed by atoms with van der Waals surface area (Å²) in [5, 5.41) is 8.79. The van der Waals surface area contributed by atoms with Crippen molar-refractivity contribution in [2.24, 2.45) is 0 Å². The first-order valence-corrected chi connectivity index (χ1v) is 12.6. The molecule has 0 aliphatic rings. The number of thiocarbonyl (C=S) groups is 1. The molecule has 0 spiro atoms. The third-order valence-electron chi connectivity index (χ3n) is 5.22. The van der Waals surface area contributed by atoms with E-state index in [-0.39, 0.29) is 23.0 Å². The summed E-state index contributed by atoms with van der Waals surface area (Å²) >= 11 is 8.71. The van der Waals surface area contributed by atoms with Crippen LogP contribution in [0.4, 0.5) is 5.69 Å². The first-order valence-electron chi connectivity index (χ1n) is 11.4. The number of benzene rings is 3. The molecule has 35 heavy (non-hydrogen) atoms. The van der Waals surface area contributed by atoms with Gasteiger partial charge in [-0.1, -0.05) is 59.6 Å². The van der Waals surface area contributed by atoms with Crippen LogP contribution in [-0.4, -0.2) is 23.5 Å². The summed E-state index contributed by atoms with van der Waals surface area (Å²) in [6, 6.07) is 21.8. The summed E-state index contributed by atoms with van der Waals surface area (Å²) in [6.45, 7) is 4.55. The largest absolute Gasteiger partial charge is 0.493 e. The number of halogens is 1. The molecule has 0 aliphatic heterocycles. The molecule has 0 fully saturated rings. The summed E-state index contributed by atoms with van der Waals surface area (Å²) in [6.07, 6.45) is 1.90. The van der Waals surface area contributed by atoms with Crippen LogP contribution in [0.25, 0.3) is 0 Å². The number of anilines is 1. The van der Waals surface area contributed by atoms with Gasteiger partial charge in [-0.2, -0.15) is 0 Å².